The first-order valence-corrected chi connectivity index (χ1v) is 4.76. The Morgan fingerprint density at radius 3 is 2.93 bits per heavy atom. The van der Waals surface area contributed by atoms with Gasteiger partial charge in [0.2, 0.25) is 0 Å². The van der Waals surface area contributed by atoms with Crippen molar-refractivity contribution in [1.29, 1.82) is 0 Å². The molecule has 0 saturated heterocycles. The molecule has 0 aromatic carbocycles. The van der Waals surface area contributed by atoms with Gasteiger partial charge < -0.3 is 11.1 Å². The van der Waals surface area contributed by atoms with Gasteiger partial charge in [0.15, 0.2) is 0 Å². The molecule has 0 spiro atoms. The zero-order valence-electron chi connectivity index (χ0n) is 8.75. The Labute approximate surface area is 85.0 Å². The Morgan fingerprint density at radius 2 is 2.36 bits per heavy atom. The molecular formula is C11H17N3. The fourth-order valence-electron chi connectivity index (χ4n) is 1.30. The second-order valence-corrected chi connectivity index (χ2v) is 3.49. The molecule has 0 saturated carbocycles. The molecule has 0 aliphatic rings. The molecule has 0 aliphatic heterocycles. The van der Waals surface area contributed by atoms with Gasteiger partial charge in [0, 0.05) is 12.7 Å². The van der Waals surface area contributed by atoms with E-state index in [4.69, 9.17) is 5.73 Å². The summed E-state index contributed by atoms with van der Waals surface area (Å²) in [5.41, 5.74) is 7.84. The Hall–Kier alpha value is -1.51. The molecule has 3 heteroatoms. The van der Waals surface area contributed by atoms with Crippen molar-refractivity contribution >= 4 is 11.5 Å². The van der Waals surface area contributed by atoms with Crippen LogP contribution in [0.1, 0.15) is 25.3 Å². The van der Waals surface area contributed by atoms with Gasteiger partial charge in [-0.3, -0.25) is 0 Å². The average molecular weight is 191 g/mol. The summed E-state index contributed by atoms with van der Waals surface area (Å²) in [7, 11) is 0. The van der Waals surface area contributed by atoms with Gasteiger partial charge in [-0.15, -0.1) is 6.58 Å². The van der Waals surface area contributed by atoms with Gasteiger partial charge in [0.25, 0.3) is 0 Å². The molecule has 1 aromatic rings. The molecule has 0 atom stereocenters. The zero-order chi connectivity index (χ0) is 10.6. The lowest BCUT2D eigenvalue weighted by Gasteiger charge is -2.12. The zero-order valence-corrected chi connectivity index (χ0v) is 8.75. The van der Waals surface area contributed by atoms with Crippen molar-refractivity contribution in [3.8, 4) is 0 Å². The van der Waals surface area contributed by atoms with Crippen LogP contribution in [0.5, 0.6) is 0 Å². The molecule has 0 amide bonds. The number of rotatable bonds is 4. The molecule has 0 unspecified atom stereocenters. The van der Waals surface area contributed by atoms with Crippen LogP contribution in [0.2, 0.25) is 0 Å². The fraction of sp³-hybridized carbons (Fsp3) is 0.364. The van der Waals surface area contributed by atoms with E-state index in [0.717, 1.165) is 17.1 Å². The molecule has 14 heavy (non-hydrogen) atoms. The van der Waals surface area contributed by atoms with Crippen molar-refractivity contribution < 1.29 is 0 Å². The number of hydrogen-bond donors (Lipinski definition) is 2. The Bertz CT molecular complexity index is 318. The van der Waals surface area contributed by atoms with Gasteiger partial charge in [-0.1, -0.05) is 19.9 Å². The van der Waals surface area contributed by atoms with Crippen LogP contribution >= 0.6 is 0 Å². The van der Waals surface area contributed by atoms with Crippen LogP contribution in [0, 0.1) is 0 Å². The number of nitrogen functional groups attached to an aromatic ring is 1. The number of anilines is 2. The fourth-order valence-corrected chi connectivity index (χ4v) is 1.30. The summed E-state index contributed by atoms with van der Waals surface area (Å²) < 4.78 is 0. The van der Waals surface area contributed by atoms with Crippen LogP contribution < -0.4 is 11.1 Å². The maximum Gasteiger partial charge on any atom is 0.149 e. The maximum atomic E-state index is 5.97. The first-order valence-electron chi connectivity index (χ1n) is 4.76. The third kappa shape index (κ3) is 2.25. The van der Waals surface area contributed by atoms with Crippen molar-refractivity contribution in [2.24, 2.45) is 0 Å². The summed E-state index contributed by atoms with van der Waals surface area (Å²) in [6, 6.07) is 1.96. The predicted molar refractivity (Wildman–Crippen MR) is 61.4 cm³/mol. The van der Waals surface area contributed by atoms with Crippen LogP contribution in [-0.2, 0) is 0 Å². The maximum absolute atomic E-state index is 5.97. The summed E-state index contributed by atoms with van der Waals surface area (Å²) in [5.74, 6) is 1.17. The lowest BCUT2D eigenvalue weighted by molar-refractivity contribution is 0.867. The molecule has 76 valence electrons. The summed E-state index contributed by atoms with van der Waals surface area (Å²) in [5, 5.41) is 3.10. The van der Waals surface area contributed by atoms with Crippen molar-refractivity contribution in [2.45, 2.75) is 19.8 Å². The number of nitrogens with one attached hydrogen (secondary N) is 1. The summed E-state index contributed by atoms with van der Waals surface area (Å²) >= 11 is 0. The van der Waals surface area contributed by atoms with E-state index in [-0.39, 0.29) is 0 Å². The van der Waals surface area contributed by atoms with Gasteiger partial charge >= 0.3 is 0 Å². The van der Waals surface area contributed by atoms with E-state index in [1.165, 1.54) is 0 Å². The minimum atomic E-state index is 0.419. The molecular weight excluding hydrogens is 174 g/mol. The second-order valence-electron chi connectivity index (χ2n) is 3.49. The van der Waals surface area contributed by atoms with Crippen molar-refractivity contribution in [1.82, 2.24) is 4.98 Å². The van der Waals surface area contributed by atoms with Crippen molar-refractivity contribution in [3.63, 3.8) is 0 Å². The molecule has 0 radical (unpaired) electrons. The number of hydrogen-bond acceptors (Lipinski definition) is 3. The van der Waals surface area contributed by atoms with Crippen LogP contribution in [0.15, 0.2) is 24.9 Å². The SMILES string of the molecule is C=CCNc1nccc(C(C)C)c1N. The number of pyridine rings is 1. The lowest BCUT2D eigenvalue weighted by atomic mass is 10.0. The lowest BCUT2D eigenvalue weighted by Crippen LogP contribution is -2.06. The third-order valence-corrected chi connectivity index (χ3v) is 2.06. The number of aromatic nitrogens is 1. The van der Waals surface area contributed by atoms with E-state index in [1.54, 1.807) is 12.3 Å². The van der Waals surface area contributed by atoms with E-state index in [9.17, 15) is 0 Å². The first-order chi connectivity index (χ1) is 6.66. The standard InChI is InChI=1S/C11H17N3/c1-4-6-13-11-10(12)9(8(2)3)5-7-14-11/h4-5,7-8H,1,6,12H2,2-3H3,(H,13,14). The van der Waals surface area contributed by atoms with Crippen LogP contribution in [0.3, 0.4) is 0 Å². The highest BCUT2D eigenvalue weighted by molar-refractivity contribution is 5.66. The van der Waals surface area contributed by atoms with Gasteiger partial charge in [-0.25, -0.2) is 4.98 Å². The Balaban J connectivity index is 2.95. The highest BCUT2D eigenvalue weighted by Gasteiger charge is 2.07. The summed E-state index contributed by atoms with van der Waals surface area (Å²) in [6.45, 7) is 8.54. The van der Waals surface area contributed by atoms with E-state index in [0.29, 0.717) is 12.5 Å². The van der Waals surface area contributed by atoms with Gasteiger partial charge in [0.05, 0.1) is 5.69 Å². The summed E-state index contributed by atoms with van der Waals surface area (Å²) in [6.07, 6.45) is 3.56. The van der Waals surface area contributed by atoms with Crippen molar-refractivity contribution in [2.75, 3.05) is 17.6 Å². The van der Waals surface area contributed by atoms with E-state index < -0.39 is 0 Å². The molecule has 1 rings (SSSR count). The largest absolute Gasteiger partial charge is 0.396 e. The van der Waals surface area contributed by atoms with E-state index in [2.05, 4.69) is 30.7 Å². The first kappa shape index (κ1) is 10.6. The number of nitrogens with zero attached hydrogens (tertiary/aromatic N) is 1. The molecule has 1 heterocycles. The molecule has 3 nitrogen and oxygen atoms in total. The molecule has 0 fully saturated rings. The minimum Gasteiger partial charge on any atom is -0.396 e. The molecule has 1 aromatic heterocycles. The second kappa shape index (κ2) is 4.65. The predicted octanol–water partition coefficient (Wildman–Crippen LogP) is 2.39. The van der Waals surface area contributed by atoms with Crippen LogP contribution in [0.4, 0.5) is 11.5 Å². The minimum absolute atomic E-state index is 0.419. The Kier molecular flexibility index (Phi) is 3.51. The van der Waals surface area contributed by atoms with Crippen molar-refractivity contribution in [3.05, 3.63) is 30.5 Å². The number of nitrogens with two attached hydrogens (primary N) is 1. The average Bonchev–Trinajstić information content (AvgIpc) is 2.16. The molecule has 0 bridgehead atoms. The highest BCUT2D eigenvalue weighted by atomic mass is 15.0. The van der Waals surface area contributed by atoms with E-state index >= 15 is 0 Å². The third-order valence-electron chi connectivity index (χ3n) is 2.06. The van der Waals surface area contributed by atoms with Crippen LogP contribution in [-0.4, -0.2) is 11.5 Å². The smallest absolute Gasteiger partial charge is 0.149 e. The van der Waals surface area contributed by atoms with Gasteiger partial charge in [-0.2, -0.15) is 0 Å². The normalized spacial score (nSPS) is 10.2. The highest BCUT2D eigenvalue weighted by Crippen LogP contribution is 2.26. The van der Waals surface area contributed by atoms with Gasteiger partial charge in [0.1, 0.15) is 5.82 Å². The Morgan fingerprint density at radius 1 is 1.64 bits per heavy atom. The topological polar surface area (TPSA) is 50.9 Å². The summed E-state index contributed by atoms with van der Waals surface area (Å²) in [4.78, 5) is 4.17. The van der Waals surface area contributed by atoms with E-state index in [1.807, 2.05) is 6.07 Å². The molecule has 3 N–H and O–H groups in total. The van der Waals surface area contributed by atoms with Crippen LogP contribution in [0.25, 0.3) is 0 Å². The monoisotopic (exact) mass is 191 g/mol. The quantitative estimate of drug-likeness (QED) is 0.718. The van der Waals surface area contributed by atoms with Gasteiger partial charge in [-0.05, 0) is 17.5 Å². The molecule has 0 aliphatic carbocycles.